The van der Waals surface area contributed by atoms with Crippen LogP contribution < -0.4 is 0 Å². The number of para-hydroxylation sites is 1. The largest absolute Gasteiger partial charge is 0.453 e. The SMILES string of the molecule is c1ccc(-c2ccccc2-c2nc(-c3cc4ccccc4o3)nc(-c3ccc(-c4c5ccccc5cc5c4ccc4ccccc45)c4ccccc34)n2)cc1. The molecule has 0 fully saturated rings. The van der Waals surface area contributed by atoms with Gasteiger partial charge in [-0.3, -0.25) is 0 Å². The van der Waals surface area contributed by atoms with E-state index in [1.54, 1.807) is 0 Å². The van der Waals surface area contributed by atoms with Crippen LogP contribution in [0.15, 0.2) is 192 Å². The van der Waals surface area contributed by atoms with E-state index in [2.05, 4.69) is 146 Å². The molecule has 0 aliphatic heterocycles. The predicted octanol–water partition coefficient (Wildman–Crippen LogP) is 13.6. The third-order valence-electron chi connectivity index (χ3n) is 10.7. The van der Waals surface area contributed by atoms with Crippen LogP contribution >= 0.6 is 0 Å². The third-order valence-corrected chi connectivity index (χ3v) is 10.7. The molecule has 11 aromatic rings. The summed E-state index contributed by atoms with van der Waals surface area (Å²) in [6.07, 6.45) is 0. The molecule has 4 nitrogen and oxygen atoms in total. The fraction of sp³-hybridized carbons (Fsp3) is 0. The Hall–Kier alpha value is -7.43. The molecule has 0 aliphatic carbocycles. The lowest BCUT2D eigenvalue weighted by molar-refractivity contribution is 0.625. The molecule has 2 aromatic heterocycles. The molecule has 11 rings (SSSR count). The molecule has 0 saturated carbocycles. The van der Waals surface area contributed by atoms with Crippen LogP contribution in [0.2, 0.25) is 0 Å². The number of rotatable bonds is 5. The zero-order valence-corrected chi connectivity index (χ0v) is 29.6. The minimum absolute atomic E-state index is 0.485. The van der Waals surface area contributed by atoms with Crippen molar-refractivity contribution in [2.45, 2.75) is 0 Å². The van der Waals surface area contributed by atoms with Crippen molar-refractivity contribution in [1.82, 2.24) is 15.0 Å². The van der Waals surface area contributed by atoms with Gasteiger partial charge in [0.2, 0.25) is 0 Å². The Balaban J connectivity index is 1.17. The summed E-state index contributed by atoms with van der Waals surface area (Å²) in [7, 11) is 0. The number of aromatic nitrogens is 3. The third kappa shape index (κ3) is 5.19. The molecule has 9 aromatic carbocycles. The van der Waals surface area contributed by atoms with E-state index >= 15 is 0 Å². The fourth-order valence-electron chi connectivity index (χ4n) is 8.19. The number of benzene rings is 9. The molecule has 55 heavy (non-hydrogen) atoms. The van der Waals surface area contributed by atoms with E-state index in [1.165, 1.54) is 37.9 Å². The predicted molar refractivity (Wildman–Crippen MR) is 227 cm³/mol. The smallest absolute Gasteiger partial charge is 0.199 e. The highest BCUT2D eigenvalue weighted by molar-refractivity contribution is 6.22. The van der Waals surface area contributed by atoms with Crippen molar-refractivity contribution in [2.24, 2.45) is 0 Å². The van der Waals surface area contributed by atoms with E-state index in [9.17, 15) is 0 Å². The second kappa shape index (κ2) is 12.6. The minimum Gasteiger partial charge on any atom is -0.453 e. The van der Waals surface area contributed by atoms with Crippen molar-refractivity contribution in [3.63, 3.8) is 0 Å². The maximum Gasteiger partial charge on any atom is 0.199 e. The van der Waals surface area contributed by atoms with Crippen molar-refractivity contribution >= 4 is 54.1 Å². The number of fused-ring (bicyclic) bond motifs is 6. The van der Waals surface area contributed by atoms with Gasteiger partial charge in [-0.1, -0.05) is 164 Å². The molecule has 0 radical (unpaired) electrons. The first-order chi connectivity index (χ1) is 27.3. The fourth-order valence-corrected chi connectivity index (χ4v) is 8.19. The summed E-state index contributed by atoms with van der Waals surface area (Å²) in [5.74, 6) is 2.25. The Bertz CT molecular complexity index is 3240. The van der Waals surface area contributed by atoms with Crippen LogP contribution in [0, 0.1) is 0 Å². The number of furan rings is 1. The van der Waals surface area contributed by atoms with Gasteiger partial charge in [-0.05, 0) is 89.6 Å². The van der Waals surface area contributed by atoms with Gasteiger partial charge in [-0.15, -0.1) is 0 Å². The van der Waals surface area contributed by atoms with Gasteiger partial charge < -0.3 is 4.42 Å². The van der Waals surface area contributed by atoms with E-state index in [1.807, 2.05) is 42.5 Å². The molecule has 256 valence electrons. The molecule has 0 spiro atoms. The van der Waals surface area contributed by atoms with E-state index in [0.29, 0.717) is 23.2 Å². The zero-order valence-electron chi connectivity index (χ0n) is 29.6. The lowest BCUT2D eigenvalue weighted by atomic mass is 9.87. The monoisotopic (exact) mass is 701 g/mol. The van der Waals surface area contributed by atoms with E-state index in [0.717, 1.165) is 49.6 Å². The summed E-state index contributed by atoms with van der Waals surface area (Å²) in [6, 6.07) is 66.0. The first-order valence-electron chi connectivity index (χ1n) is 18.5. The number of nitrogens with zero attached hydrogens (tertiary/aromatic N) is 3. The van der Waals surface area contributed by atoms with E-state index in [-0.39, 0.29) is 0 Å². The summed E-state index contributed by atoms with van der Waals surface area (Å²) in [5, 5.41) is 10.6. The Morgan fingerprint density at radius 2 is 0.891 bits per heavy atom. The highest BCUT2D eigenvalue weighted by Crippen LogP contribution is 2.44. The van der Waals surface area contributed by atoms with Crippen LogP contribution in [0.25, 0.3) is 111 Å². The van der Waals surface area contributed by atoms with Gasteiger partial charge >= 0.3 is 0 Å². The zero-order chi connectivity index (χ0) is 36.3. The lowest BCUT2D eigenvalue weighted by Gasteiger charge is -2.17. The molecular weight excluding hydrogens is 671 g/mol. The molecule has 0 aliphatic rings. The highest BCUT2D eigenvalue weighted by Gasteiger charge is 2.21. The Morgan fingerprint density at radius 1 is 0.309 bits per heavy atom. The first kappa shape index (κ1) is 31.1. The average molecular weight is 702 g/mol. The summed E-state index contributed by atoms with van der Waals surface area (Å²) in [6.45, 7) is 0. The summed E-state index contributed by atoms with van der Waals surface area (Å²) >= 11 is 0. The normalized spacial score (nSPS) is 11.6. The van der Waals surface area contributed by atoms with Gasteiger partial charge in [-0.2, -0.15) is 0 Å². The second-order valence-corrected chi connectivity index (χ2v) is 13.9. The van der Waals surface area contributed by atoms with Crippen LogP contribution in [-0.4, -0.2) is 15.0 Å². The van der Waals surface area contributed by atoms with Crippen LogP contribution in [0.3, 0.4) is 0 Å². The Labute approximate surface area is 317 Å². The van der Waals surface area contributed by atoms with Crippen LogP contribution in [0.1, 0.15) is 0 Å². The highest BCUT2D eigenvalue weighted by atomic mass is 16.3. The molecule has 4 heteroatoms. The minimum atomic E-state index is 0.485. The summed E-state index contributed by atoms with van der Waals surface area (Å²) in [5.41, 5.74) is 7.16. The first-order valence-corrected chi connectivity index (χ1v) is 18.5. The molecule has 2 heterocycles. The molecular formula is C51H31N3O. The van der Waals surface area contributed by atoms with Crippen LogP contribution in [0.4, 0.5) is 0 Å². The van der Waals surface area contributed by atoms with Gasteiger partial charge in [0.1, 0.15) is 5.58 Å². The molecule has 0 bridgehead atoms. The van der Waals surface area contributed by atoms with Gasteiger partial charge in [0.15, 0.2) is 23.2 Å². The van der Waals surface area contributed by atoms with E-state index < -0.39 is 0 Å². The Morgan fingerprint density at radius 3 is 1.69 bits per heavy atom. The van der Waals surface area contributed by atoms with Crippen molar-refractivity contribution in [1.29, 1.82) is 0 Å². The number of hydrogen-bond acceptors (Lipinski definition) is 4. The number of hydrogen-bond donors (Lipinski definition) is 0. The molecule has 0 atom stereocenters. The second-order valence-electron chi connectivity index (χ2n) is 13.9. The van der Waals surface area contributed by atoms with Crippen molar-refractivity contribution in [2.75, 3.05) is 0 Å². The average Bonchev–Trinajstić information content (AvgIpc) is 3.70. The summed E-state index contributed by atoms with van der Waals surface area (Å²) in [4.78, 5) is 15.5. The Kier molecular flexibility index (Phi) is 7.14. The molecule has 0 N–H and O–H groups in total. The molecule has 0 unspecified atom stereocenters. The van der Waals surface area contributed by atoms with Gasteiger partial charge in [0.05, 0.1) is 0 Å². The topological polar surface area (TPSA) is 51.8 Å². The standard InChI is InChI=1S/C51H31N3O/c1-2-14-32(15-3-1)36-19-9-12-24-43(36)49-52-50(54-51(53-49)47-31-35-18-6-13-25-46(35)55-47)44-29-28-41(39-22-10-11-23-40(39)44)48-38-21-8-5-17-34(38)30-45-37-20-7-4-16-33(37)26-27-42(45)48/h1-31H. The quantitative estimate of drug-likeness (QED) is 0.132. The molecule has 0 saturated heterocycles. The van der Waals surface area contributed by atoms with Gasteiger partial charge in [-0.25, -0.2) is 15.0 Å². The molecule has 0 amide bonds. The lowest BCUT2D eigenvalue weighted by Crippen LogP contribution is -2.01. The van der Waals surface area contributed by atoms with Crippen molar-refractivity contribution in [3.8, 4) is 56.6 Å². The maximum absolute atomic E-state index is 6.37. The van der Waals surface area contributed by atoms with Gasteiger partial charge in [0, 0.05) is 16.5 Å². The van der Waals surface area contributed by atoms with Gasteiger partial charge in [0.25, 0.3) is 0 Å². The maximum atomic E-state index is 6.37. The van der Waals surface area contributed by atoms with Crippen LogP contribution in [-0.2, 0) is 0 Å². The van der Waals surface area contributed by atoms with E-state index in [4.69, 9.17) is 19.4 Å². The summed E-state index contributed by atoms with van der Waals surface area (Å²) < 4.78 is 6.37. The van der Waals surface area contributed by atoms with Crippen molar-refractivity contribution in [3.05, 3.63) is 188 Å². The van der Waals surface area contributed by atoms with Crippen LogP contribution in [0.5, 0.6) is 0 Å². The van der Waals surface area contributed by atoms with Crippen molar-refractivity contribution < 1.29 is 4.42 Å².